The van der Waals surface area contributed by atoms with Gasteiger partial charge in [-0.3, -0.25) is 24.1 Å². The number of hydrogen-bond donors (Lipinski definition) is 5. The number of aromatic nitrogens is 5. The van der Waals surface area contributed by atoms with Gasteiger partial charge in [-0.15, -0.1) is 10.2 Å². The second kappa shape index (κ2) is 17.1. The largest absolute Gasteiger partial charge is 0.444 e. The number of H-pyrrole nitrogens is 1. The number of hydrogen-bond acceptors (Lipinski definition) is 10. The van der Waals surface area contributed by atoms with Crippen molar-refractivity contribution in [2.75, 3.05) is 18.0 Å². The monoisotopic (exact) mass is 764 g/mol. The van der Waals surface area contributed by atoms with Gasteiger partial charge in [-0.1, -0.05) is 30.3 Å². The number of pyridine rings is 1. The van der Waals surface area contributed by atoms with Crippen molar-refractivity contribution in [2.45, 2.75) is 83.9 Å². The van der Waals surface area contributed by atoms with Crippen molar-refractivity contribution in [1.82, 2.24) is 41.6 Å². The summed E-state index contributed by atoms with van der Waals surface area (Å²) < 4.78 is 5.37. The van der Waals surface area contributed by atoms with Gasteiger partial charge in [-0.25, -0.2) is 9.78 Å². The number of aryl methyl sites for hydroxylation is 1. The first kappa shape index (κ1) is 39.5. The maximum atomic E-state index is 14.5. The van der Waals surface area contributed by atoms with Crippen molar-refractivity contribution in [1.29, 1.82) is 0 Å². The number of nitrogens with two attached hydrogens (primary N) is 1. The number of carbonyl (C=O) groups excluding carboxylic acids is 5. The Kier molecular flexibility index (Phi) is 12.1. The molecule has 0 spiro atoms. The van der Waals surface area contributed by atoms with Crippen molar-refractivity contribution in [3.63, 3.8) is 0 Å². The van der Waals surface area contributed by atoms with Crippen LogP contribution in [0.5, 0.6) is 0 Å². The lowest BCUT2D eigenvalue weighted by molar-refractivity contribution is -0.127. The number of benzene rings is 2. The van der Waals surface area contributed by atoms with Crippen molar-refractivity contribution >= 4 is 35.4 Å². The van der Waals surface area contributed by atoms with Crippen LogP contribution in [0.15, 0.2) is 60.7 Å². The quantitative estimate of drug-likeness (QED) is 0.141. The smallest absolute Gasteiger partial charge is 0.407 e. The van der Waals surface area contributed by atoms with Crippen LogP contribution in [0, 0.1) is 18.8 Å². The molecule has 2 fully saturated rings. The van der Waals surface area contributed by atoms with Crippen LogP contribution in [0.4, 0.5) is 10.5 Å². The Balaban J connectivity index is 1.18. The van der Waals surface area contributed by atoms with Crippen molar-refractivity contribution in [3.05, 3.63) is 77.6 Å². The highest BCUT2D eigenvalue weighted by molar-refractivity contribution is 6.02. The zero-order chi connectivity index (χ0) is 40.0. The topological polar surface area (TPSA) is 227 Å². The van der Waals surface area contributed by atoms with Gasteiger partial charge in [0.05, 0.1) is 0 Å². The Labute approximate surface area is 324 Å². The van der Waals surface area contributed by atoms with Gasteiger partial charge in [0.25, 0.3) is 5.91 Å². The molecule has 294 valence electrons. The number of tetrazole rings is 1. The molecule has 2 aliphatic rings. The van der Waals surface area contributed by atoms with Gasteiger partial charge in [0.2, 0.25) is 23.5 Å². The summed E-state index contributed by atoms with van der Waals surface area (Å²) in [5.74, 6) is -1.25. The predicted octanol–water partition coefficient (Wildman–Crippen LogP) is 3.62. The molecule has 1 saturated heterocycles. The molecule has 2 atom stereocenters. The summed E-state index contributed by atoms with van der Waals surface area (Å²) in [5.41, 5.74) is 9.97. The van der Waals surface area contributed by atoms with E-state index in [1.807, 2.05) is 58.0 Å². The number of aromatic amines is 1. The van der Waals surface area contributed by atoms with E-state index in [9.17, 15) is 24.0 Å². The highest BCUT2D eigenvalue weighted by Crippen LogP contribution is 2.33. The Morgan fingerprint density at radius 3 is 2.23 bits per heavy atom. The molecular weight excluding hydrogens is 717 g/mol. The van der Waals surface area contributed by atoms with Gasteiger partial charge in [-0.05, 0) is 112 Å². The van der Waals surface area contributed by atoms with E-state index in [2.05, 4.69) is 41.6 Å². The number of ether oxygens (including phenoxy) is 1. The Hall–Kier alpha value is -6.19. The fourth-order valence-electron chi connectivity index (χ4n) is 7.19. The zero-order valence-corrected chi connectivity index (χ0v) is 32.0. The van der Waals surface area contributed by atoms with Gasteiger partial charge in [0.1, 0.15) is 23.4 Å². The average molecular weight is 765 g/mol. The molecule has 5 amide bonds. The van der Waals surface area contributed by atoms with Crippen LogP contribution in [0.2, 0.25) is 0 Å². The molecule has 0 radical (unpaired) electrons. The maximum absolute atomic E-state index is 14.5. The molecule has 3 heterocycles. The van der Waals surface area contributed by atoms with Crippen LogP contribution in [-0.4, -0.2) is 86.1 Å². The number of amides is 5. The second-order valence-corrected chi connectivity index (χ2v) is 15.3. The van der Waals surface area contributed by atoms with Crippen LogP contribution in [-0.2, 0) is 25.5 Å². The van der Waals surface area contributed by atoms with E-state index in [-0.39, 0.29) is 35.8 Å². The van der Waals surface area contributed by atoms with Crippen molar-refractivity contribution in [3.8, 4) is 22.5 Å². The predicted molar refractivity (Wildman–Crippen MR) is 207 cm³/mol. The number of carbonyl (C=O) groups is 5. The number of rotatable bonds is 12. The summed E-state index contributed by atoms with van der Waals surface area (Å²) in [6.45, 7) is 8.22. The molecular formula is C40H48N10O6. The van der Waals surface area contributed by atoms with E-state index in [0.29, 0.717) is 55.1 Å². The molecule has 1 saturated carbocycles. The summed E-state index contributed by atoms with van der Waals surface area (Å²) in [4.78, 5) is 70.7. The van der Waals surface area contributed by atoms with E-state index in [1.54, 1.807) is 30.3 Å². The maximum Gasteiger partial charge on any atom is 0.407 e. The molecule has 0 unspecified atom stereocenters. The molecule has 0 bridgehead atoms. The third-order valence-corrected chi connectivity index (χ3v) is 10.1. The minimum Gasteiger partial charge on any atom is -0.444 e. The van der Waals surface area contributed by atoms with Gasteiger partial charge < -0.3 is 26.4 Å². The van der Waals surface area contributed by atoms with Crippen LogP contribution >= 0.6 is 0 Å². The van der Waals surface area contributed by atoms with E-state index in [0.717, 1.165) is 29.5 Å². The van der Waals surface area contributed by atoms with E-state index >= 15 is 0 Å². The molecule has 6 rings (SSSR count). The molecule has 1 aliphatic heterocycles. The molecule has 6 N–H and O–H groups in total. The van der Waals surface area contributed by atoms with Crippen molar-refractivity contribution < 1.29 is 28.7 Å². The fraction of sp³-hybridized carbons (Fsp3) is 0.425. The third-order valence-electron chi connectivity index (χ3n) is 10.1. The normalized spacial score (nSPS) is 18.7. The number of nitrogens with one attached hydrogen (secondary N) is 4. The highest BCUT2D eigenvalue weighted by atomic mass is 16.6. The molecule has 2 aromatic carbocycles. The number of nitrogens with zero attached hydrogens (tertiary/aromatic N) is 5. The minimum absolute atomic E-state index is 0.161. The van der Waals surface area contributed by atoms with Crippen LogP contribution in [0.3, 0.4) is 0 Å². The second-order valence-electron chi connectivity index (χ2n) is 15.3. The molecule has 4 aromatic rings. The van der Waals surface area contributed by atoms with E-state index in [1.165, 1.54) is 4.90 Å². The van der Waals surface area contributed by atoms with Gasteiger partial charge in [0, 0.05) is 47.9 Å². The Bertz CT molecular complexity index is 2040. The van der Waals surface area contributed by atoms with Gasteiger partial charge in [-0.2, -0.15) is 5.21 Å². The summed E-state index contributed by atoms with van der Waals surface area (Å²) >= 11 is 0. The number of primary amides is 1. The molecule has 1 aliphatic carbocycles. The average Bonchev–Trinajstić information content (AvgIpc) is 3.86. The number of anilines is 1. The van der Waals surface area contributed by atoms with Gasteiger partial charge >= 0.3 is 6.09 Å². The third kappa shape index (κ3) is 9.72. The molecule has 56 heavy (non-hydrogen) atoms. The zero-order valence-electron chi connectivity index (χ0n) is 32.0. The van der Waals surface area contributed by atoms with Crippen LogP contribution < -0.4 is 26.6 Å². The summed E-state index contributed by atoms with van der Waals surface area (Å²) in [7, 11) is 0. The summed E-state index contributed by atoms with van der Waals surface area (Å²) in [6, 6.07) is 16.5. The lowest BCUT2D eigenvalue weighted by atomic mass is 9.81. The van der Waals surface area contributed by atoms with E-state index < -0.39 is 35.6 Å². The SMILES string of the molecule is Cc1nc(C(=O)N[C@@H]2CCNC2=O)ccc1-c1ccc(C[C@@H](C(N)=O)N(C(=O)C2CCC(CNC(=O)OC(C)(C)C)CC2)c2ccc(-c3nn[nH]n3)cc2)cc1. The fourth-order valence-corrected chi connectivity index (χ4v) is 7.19. The molecule has 2 aromatic heterocycles. The first-order valence-electron chi connectivity index (χ1n) is 18.8. The molecule has 16 nitrogen and oxygen atoms in total. The van der Waals surface area contributed by atoms with E-state index in [4.69, 9.17) is 10.5 Å². The first-order chi connectivity index (χ1) is 26.8. The highest BCUT2D eigenvalue weighted by Gasteiger charge is 2.36. The first-order valence-corrected chi connectivity index (χ1v) is 18.8. The minimum atomic E-state index is -1.00. The summed E-state index contributed by atoms with van der Waals surface area (Å²) in [6.07, 6.45) is 2.83. The van der Waals surface area contributed by atoms with Gasteiger partial charge in [0.15, 0.2) is 0 Å². The lowest BCUT2D eigenvalue weighted by Crippen LogP contribution is -2.52. The number of alkyl carbamates (subject to hydrolysis) is 1. The summed E-state index contributed by atoms with van der Waals surface area (Å²) in [5, 5.41) is 22.4. The van der Waals surface area contributed by atoms with Crippen LogP contribution in [0.1, 0.15) is 74.6 Å². The van der Waals surface area contributed by atoms with Crippen molar-refractivity contribution in [2.24, 2.45) is 17.6 Å². The Morgan fingerprint density at radius 1 is 0.946 bits per heavy atom. The van der Waals surface area contributed by atoms with Crippen LogP contribution in [0.25, 0.3) is 22.5 Å². The Morgan fingerprint density at radius 2 is 1.64 bits per heavy atom. The lowest BCUT2D eigenvalue weighted by Gasteiger charge is -2.36. The molecule has 16 heteroatoms. The standard InChI is InChI=1S/C40H48N10O6/c1-23-30(17-18-31(44-23)37(53)45-32-19-20-42-36(32)52)26-9-5-24(6-10-26)21-33(34(41)51)50(29-15-13-27(14-16-29)35-46-48-49-47-35)38(54)28-11-7-25(8-12-28)22-43-39(55)56-40(2,3)4/h5-6,9-10,13-18,25,28,32-33H,7-8,11-12,19-22H2,1-4H3,(H2,41,51)(H,42,52)(H,43,55)(H,45,53)(H,46,47,48,49)/t25?,28?,32-,33+/m1/s1.